The Labute approximate surface area is 68.7 Å². The van der Waals surface area contributed by atoms with Crippen molar-refractivity contribution in [1.29, 1.82) is 0 Å². The molecule has 0 unspecified atom stereocenters. The van der Waals surface area contributed by atoms with E-state index in [9.17, 15) is 0 Å². The van der Waals surface area contributed by atoms with E-state index < -0.39 is 5.54 Å². The molecule has 0 saturated heterocycles. The number of hydrogen-bond acceptors (Lipinski definition) is 2. The molecule has 0 amide bonds. The summed E-state index contributed by atoms with van der Waals surface area (Å²) in [4.78, 5) is 0. The van der Waals surface area contributed by atoms with Crippen LogP contribution in [0.4, 0.5) is 0 Å². The molecule has 2 nitrogen and oxygen atoms in total. The van der Waals surface area contributed by atoms with Gasteiger partial charge in [0.05, 0.1) is 12.1 Å². The average molecular weight is 155 g/mol. The van der Waals surface area contributed by atoms with Gasteiger partial charge >= 0.3 is 0 Å². The molecule has 0 heterocycles. The van der Waals surface area contributed by atoms with E-state index in [1.165, 1.54) is 0 Å². The zero-order chi connectivity index (χ0) is 8.91. The van der Waals surface area contributed by atoms with Crippen molar-refractivity contribution < 1.29 is 4.74 Å². The molecule has 64 valence electrons. The lowest BCUT2D eigenvalue weighted by molar-refractivity contribution is 0.184. The van der Waals surface area contributed by atoms with Gasteiger partial charge in [-0.2, -0.15) is 0 Å². The molecule has 0 saturated carbocycles. The zero-order valence-electron chi connectivity index (χ0n) is 7.39. The van der Waals surface area contributed by atoms with Crippen molar-refractivity contribution in [1.82, 2.24) is 0 Å². The fraction of sp³-hybridized carbons (Fsp3) is 0.556. The Morgan fingerprint density at radius 3 is 2.64 bits per heavy atom. The van der Waals surface area contributed by atoms with Crippen LogP contribution in [0.3, 0.4) is 0 Å². The SMILES string of the molecule is C=CC[C@@](C)(N)C(=C)OCC. The first-order chi connectivity index (χ1) is 5.04. The van der Waals surface area contributed by atoms with Crippen LogP contribution in [0.1, 0.15) is 20.3 Å². The summed E-state index contributed by atoms with van der Waals surface area (Å²) in [5, 5.41) is 0. The second-order valence-electron chi connectivity index (χ2n) is 2.77. The number of hydrogen-bond donors (Lipinski definition) is 1. The van der Waals surface area contributed by atoms with Crippen LogP contribution in [0, 0.1) is 0 Å². The highest BCUT2D eigenvalue weighted by molar-refractivity contribution is 5.08. The van der Waals surface area contributed by atoms with Crippen molar-refractivity contribution in [2.75, 3.05) is 6.61 Å². The Morgan fingerprint density at radius 1 is 1.73 bits per heavy atom. The highest BCUT2D eigenvalue weighted by Gasteiger charge is 2.21. The van der Waals surface area contributed by atoms with Gasteiger partial charge in [-0.3, -0.25) is 0 Å². The van der Waals surface area contributed by atoms with E-state index >= 15 is 0 Å². The maximum Gasteiger partial charge on any atom is 0.109 e. The summed E-state index contributed by atoms with van der Waals surface area (Å²) in [5.74, 6) is 0.625. The third-order valence-electron chi connectivity index (χ3n) is 1.52. The lowest BCUT2D eigenvalue weighted by atomic mass is 9.97. The molecule has 0 spiro atoms. The lowest BCUT2D eigenvalue weighted by Crippen LogP contribution is -2.38. The highest BCUT2D eigenvalue weighted by atomic mass is 16.5. The van der Waals surface area contributed by atoms with Gasteiger partial charge in [0, 0.05) is 0 Å². The van der Waals surface area contributed by atoms with Crippen LogP contribution in [-0.2, 0) is 4.74 Å². The molecule has 0 aliphatic carbocycles. The summed E-state index contributed by atoms with van der Waals surface area (Å²) >= 11 is 0. The van der Waals surface area contributed by atoms with Crippen molar-refractivity contribution in [2.45, 2.75) is 25.8 Å². The Kier molecular flexibility index (Phi) is 3.90. The maximum absolute atomic E-state index is 5.86. The Bertz CT molecular complexity index is 150. The topological polar surface area (TPSA) is 35.2 Å². The molecule has 0 rings (SSSR count). The van der Waals surface area contributed by atoms with E-state index in [4.69, 9.17) is 10.5 Å². The van der Waals surface area contributed by atoms with Gasteiger partial charge in [0.1, 0.15) is 5.76 Å². The number of rotatable bonds is 5. The van der Waals surface area contributed by atoms with Crippen LogP contribution >= 0.6 is 0 Å². The van der Waals surface area contributed by atoms with Gasteiger partial charge in [-0.15, -0.1) is 6.58 Å². The normalized spacial score (nSPS) is 15.2. The minimum Gasteiger partial charge on any atom is -0.497 e. The van der Waals surface area contributed by atoms with Crippen LogP contribution in [0.2, 0.25) is 0 Å². The molecule has 0 aromatic heterocycles. The first kappa shape index (κ1) is 10.2. The zero-order valence-corrected chi connectivity index (χ0v) is 7.39. The Morgan fingerprint density at radius 2 is 2.27 bits per heavy atom. The van der Waals surface area contributed by atoms with Crippen molar-refractivity contribution in [3.05, 3.63) is 25.0 Å². The molecule has 0 aromatic rings. The molecule has 0 aliphatic rings. The van der Waals surface area contributed by atoms with E-state index in [1.807, 2.05) is 13.8 Å². The second-order valence-corrected chi connectivity index (χ2v) is 2.77. The van der Waals surface area contributed by atoms with Gasteiger partial charge < -0.3 is 10.5 Å². The molecule has 2 N–H and O–H groups in total. The fourth-order valence-corrected chi connectivity index (χ4v) is 0.753. The van der Waals surface area contributed by atoms with E-state index in [-0.39, 0.29) is 0 Å². The lowest BCUT2D eigenvalue weighted by Gasteiger charge is -2.25. The fourth-order valence-electron chi connectivity index (χ4n) is 0.753. The standard InChI is InChI=1S/C9H17NO/c1-5-7-9(4,10)8(3)11-6-2/h5H,1,3,6-7,10H2,2,4H3/t9-/m1/s1. The van der Waals surface area contributed by atoms with Gasteiger partial charge in [-0.05, 0) is 20.3 Å². The molecule has 0 aromatic carbocycles. The molecule has 11 heavy (non-hydrogen) atoms. The maximum atomic E-state index is 5.86. The molecule has 0 fully saturated rings. The Hall–Kier alpha value is -0.760. The van der Waals surface area contributed by atoms with Crippen molar-refractivity contribution >= 4 is 0 Å². The molecule has 0 bridgehead atoms. The van der Waals surface area contributed by atoms with E-state index in [0.717, 1.165) is 0 Å². The number of nitrogens with two attached hydrogens (primary N) is 1. The summed E-state index contributed by atoms with van der Waals surface area (Å²) in [6.07, 6.45) is 2.45. The summed E-state index contributed by atoms with van der Waals surface area (Å²) < 4.78 is 5.19. The predicted molar refractivity (Wildman–Crippen MR) is 48.2 cm³/mol. The molecule has 0 aliphatic heterocycles. The highest BCUT2D eigenvalue weighted by Crippen LogP contribution is 2.16. The van der Waals surface area contributed by atoms with Gasteiger partial charge in [-0.25, -0.2) is 0 Å². The van der Waals surface area contributed by atoms with Gasteiger partial charge in [0.2, 0.25) is 0 Å². The van der Waals surface area contributed by atoms with Gasteiger partial charge in [0.25, 0.3) is 0 Å². The first-order valence-corrected chi connectivity index (χ1v) is 3.76. The van der Waals surface area contributed by atoms with Crippen LogP contribution < -0.4 is 5.73 Å². The largest absolute Gasteiger partial charge is 0.497 e. The van der Waals surface area contributed by atoms with Crippen LogP contribution in [0.5, 0.6) is 0 Å². The van der Waals surface area contributed by atoms with Gasteiger partial charge in [0.15, 0.2) is 0 Å². The van der Waals surface area contributed by atoms with Crippen LogP contribution in [-0.4, -0.2) is 12.1 Å². The summed E-state index contributed by atoms with van der Waals surface area (Å²) in [5.41, 5.74) is 5.39. The second kappa shape index (κ2) is 4.19. The van der Waals surface area contributed by atoms with Crippen LogP contribution in [0.15, 0.2) is 25.0 Å². The van der Waals surface area contributed by atoms with E-state index in [2.05, 4.69) is 13.2 Å². The molecular weight excluding hydrogens is 138 g/mol. The summed E-state index contributed by atoms with van der Waals surface area (Å²) in [6.45, 7) is 11.8. The molecule has 2 heteroatoms. The third-order valence-corrected chi connectivity index (χ3v) is 1.52. The van der Waals surface area contributed by atoms with E-state index in [0.29, 0.717) is 18.8 Å². The summed E-state index contributed by atoms with van der Waals surface area (Å²) in [6, 6.07) is 0. The van der Waals surface area contributed by atoms with E-state index in [1.54, 1.807) is 6.08 Å². The van der Waals surface area contributed by atoms with Crippen molar-refractivity contribution in [3.8, 4) is 0 Å². The molecule has 1 atom stereocenters. The van der Waals surface area contributed by atoms with Crippen LogP contribution in [0.25, 0.3) is 0 Å². The summed E-state index contributed by atoms with van der Waals surface area (Å²) in [7, 11) is 0. The van der Waals surface area contributed by atoms with Crippen molar-refractivity contribution in [3.63, 3.8) is 0 Å². The predicted octanol–water partition coefficient (Wildman–Crippen LogP) is 1.83. The molecule has 0 radical (unpaired) electrons. The minimum atomic E-state index is -0.474. The number of ether oxygens (including phenoxy) is 1. The Balaban J connectivity index is 4.05. The van der Waals surface area contributed by atoms with Gasteiger partial charge in [-0.1, -0.05) is 12.7 Å². The quantitative estimate of drug-likeness (QED) is 0.485. The monoisotopic (exact) mass is 155 g/mol. The molecular formula is C9H17NO. The minimum absolute atomic E-state index is 0.474. The third kappa shape index (κ3) is 3.23. The van der Waals surface area contributed by atoms with Crippen molar-refractivity contribution in [2.24, 2.45) is 5.73 Å². The average Bonchev–Trinajstić information content (AvgIpc) is 1.88. The smallest absolute Gasteiger partial charge is 0.109 e. The first-order valence-electron chi connectivity index (χ1n) is 3.76.